The molecule has 2 aliphatic carbocycles. The van der Waals surface area contributed by atoms with E-state index in [0.717, 1.165) is 25.0 Å². The van der Waals surface area contributed by atoms with Crippen LogP contribution in [0.25, 0.3) is 0 Å². The molecule has 0 radical (unpaired) electrons. The SMILES string of the molecule is CCc1ccc(OCC(=O)NC2C3CCCC2CC(N)C3)cc1. The van der Waals surface area contributed by atoms with Gasteiger partial charge in [-0.15, -0.1) is 0 Å². The molecule has 1 amide bonds. The van der Waals surface area contributed by atoms with Crippen molar-refractivity contribution in [2.75, 3.05) is 6.61 Å². The molecule has 2 bridgehead atoms. The van der Waals surface area contributed by atoms with Crippen LogP contribution in [0.3, 0.4) is 0 Å². The number of amides is 1. The van der Waals surface area contributed by atoms with E-state index in [1.807, 2.05) is 24.3 Å². The molecule has 0 heterocycles. The molecule has 2 saturated carbocycles. The molecule has 1 aromatic carbocycles. The van der Waals surface area contributed by atoms with Gasteiger partial charge in [0.15, 0.2) is 6.61 Å². The zero-order valence-corrected chi connectivity index (χ0v) is 14.0. The van der Waals surface area contributed by atoms with Crippen molar-refractivity contribution in [1.82, 2.24) is 5.32 Å². The molecule has 1 aromatic rings. The standard InChI is InChI=1S/C19H28N2O2/c1-2-13-6-8-17(9-7-13)23-12-18(22)21-19-14-4-3-5-15(19)11-16(20)10-14/h6-9,14-16,19H,2-5,10-12,20H2,1H3,(H,21,22). The van der Waals surface area contributed by atoms with Crippen molar-refractivity contribution >= 4 is 5.91 Å². The van der Waals surface area contributed by atoms with Crippen molar-refractivity contribution in [3.05, 3.63) is 29.8 Å². The first-order valence-electron chi connectivity index (χ1n) is 8.92. The highest BCUT2D eigenvalue weighted by atomic mass is 16.5. The molecule has 126 valence electrons. The van der Waals surface area contributed by atoms with Crippen molar-refractivity contribution in [2.45, 2.75) is 57.5 Å². The third-order valence-electron chi connectivity index (χ3n) is 5.41. The normalized spacial score (nSPS) is 29.8. The minimum absolute atomic E-state index is 0.0121. The van der Waals surface area contributed by atoms with Crippen LogP contribution in [0.4, 0.5) is 0 Å². The Bertz CT molecular complexity index is 515. The molecular weight excluding hydrogens is 288 g/mol. The molecule has 0 saturated heterocycles. The predicted octanol–water partition coefficient (Wildman–Crippen LogP) is 2.65. The monoisotopic (exact) mass is 316 g/mol. The van der Waals surface area contributed by atoms with Crippen LogP contribution < -0.4 is 15.8 Å². The Labute approximate surface area is 138 Å². The lowest BCUT2D eigenvalue weighted by molar-refractivity contribution is -0.125. The highest BCUT2D eigenvalue weighted by molar-refractivity contribution is 5.78. The third kappa shape index (κ3) is 4.05. The zero-order chi connectivity index (χ0) is 16.2. The van der Waals surface area contributed by atoms with Gasteiger partial charge in [-0.1, -0.05) is 25.5 Å². The molecule has 2 fully saturated rings. The average molecular weight is 316 g/mol. The number of hydrogen-bond acceptors (Lipinski definition) is 3. The number of carbonyl (C=O) groups excluding carboxylic acids is 1. The molecule has 0 aromatic heterocycles. The number of carbonyl (C=O) groups is 1. The predicted molar refractivity (Wildman–Crippen MR) is 91.3 cm³/mol. The summed E-state index contributed by atoms with van der Waals surface area (Å²) in [5, 5.41) is 3.21. The van der Waals surface area contributed by atoms with E-state index < -0.39 is 0 Å². The molecule has 4 nitrogen and oxygen atoms in total. The van der Waals surface area contributed by atoms with Crippen LogP contribution in [0, 0.1) is 11.8 Å². The summed E-state index contributed by atoms with van der Waals surface area (Å²) in [7, 11) is 0. The van der Waals surface area contributed by atoms with E-state index in [0.29, 0.717) is 23.9 Å². The smallest absolute Gasteiger partial charge is 0.258 e. The van der Waals surface area contributed by atoms with Gasteiger partial charge in [0.05, 0.1) is 0 Å². The van der Waals surface area contributed by atoms with Gasteiger partial charge in [-0.2, -0.15) is 0 Å². The van der Waals surface area contributed by atoms with Crippen molar-refractivity contribution in [1.29, 1.82) is 0 Å². The van der Waals surface area contributed by atoms with Gasteiger partial charge in [-0.3, -0.25) is 4.79 Å². The third-order valence-corrected chi connectivity index (χ3v) is 5.41. The van der Waals surface area contributed by atoms with E-state index >= 15 is 0 Å². The fraction of sp³-hybridized carbons (Fsp3) is 0.632. The maximum Gasteiger partial charge on any atom is 0.258 e. The summed E-state index contributed by atoms with van der Waals surface area (Å²) >= 11 is 0. The summed E-state index contributed by atoms with van der Waals surface area (Å²) in [5.41, 5.74) is 7.41. The van der Waals surface area contributed by atoms with Gasteiger partial charge in [0, 0.05) is 12.1 Å². The van der Waals surface area contributed by atoms with Gasteiger partial charge >= 0.3 is 0 Å². The maximum absolute atomic E-state index is 12.3. The Morgan fingerprint density at radius 3 is 2.48 bits per heavy atom. The second kappa shape index (κ2) is 7.35. The molecule has 23 heavy (non-hydrogen) atoms. The number of fused-ring (bicyclic) bond motifs is 2. The van der Waals surface area contributed by atoms with Gasteiger partial charge in [0.2, 0.25) is 0 Å². The second-order valence-electron chi connectivity index (χ2n) is 7.06. The molecule has 0 aliphatic heterocycles. The van der Waals surface area contributed by atoms with Crippen LogP contribution in [0.2, 0.25) is 0 Å². The van der Waals surface area contributed by atoms with Gasteiger partial charge in [-0.05, 0) is 61.6 Å². The van der Waals surface area contributed by atoms with Crippen LogP contribution in [0.15, 0.2) is 24.3 Å². The highest BCUT2D eigenvalue weighted by Crippen LogP contribution is 2.39. The first kappa shape index (κ1) is 16.3. The lowest BCUT2D eigenvalue weighted by Crippen LogP contribution is -2.54. The minimum atomic E-state index is -0.0121. The number of aryl methyl sites for hydroxylation is 1. The Balaban J connectivity index is 1.50. The summed E-state index contributed by atoms with van der Waals surface area (Å²) in [5.74, 6) is 1.83. The zero-order valence-electron chi connectivity index (χ0n) is 14.0. The summed E-state index contributed by atoms with van der Waals surface area (Å²) in [6.07, 6.45) is 6.74. The Hall–Kier alpha value is -1.55. The first-order chi connectivity index (χ1) is 11.2. The second-order valence-corrected chi connectivity index (χ2v) is 7.06. The van der Waals surface area contributed by atoms with Gasteiger partial charge in [-0.25, -0.2) is 0 Å². The van der Waals surface area contributed by atoms with Gasteiger partial charge in [0.25, 0.3) is 5.91 Å². The highest BCUT2D eigenvalue weighted by Gasteiger charge is 2.39. The van der Waals surface area contributed by atoms with Crippen molar-refractivity contribution in [3.63, 3.8) is 0 Å². The first-order valence-corrected chi connectivity index (χ1v) is 8.92. The number of hydrogen-bond donors (Lipinski definition) is 2. The molecule has 4 heteroatoms. The number of benzene rings is 1. The van der Waals surface area contributed by atoms with Crippen LogP contribution >= 0.6 is 0 Å². The molecule has 2 aliphatic rings. The Morgan fingerprint density at radius 2 is 1.87 bits per heavy atom. The number of nitrogens with two attached hydrogens (primary N) is 1. The van der Waals surface area contributed by atoms with E-state index in [-0.39, 0.29) is 12.5 Å². The molecule has 3 rings (SSSR count). The molecule has 2 atom stereocenters. The number of rotatable bonds is 5. The largest absolute Gasteiger partial charge is 0.484 e. The lowest BCUT2D eigenvalue weighted by atomic mass is 9.67. The van der Waals surface area contributed by atoms with E-state index in [1.165, 1.54) is 24.8 Å². The Kier molecular flexibility index (Phi) is 5.21. The Morgan fingerprint density at radius 1 is 1.22 bits per heavy atom. The van der Waals surface area contributed by atoms with Crippen LogP contribution in [-0.4, -0.2) is 24.6 Å². The van der Waals surface area contributed by atoms with Crippen molar-refractivity contribution in [3.8, 4) is 5.75 Å². The van der Waals surface area contributed by atoms with Crippen LogP contribution in [0.1, 0.15) is 44.6 Å². The summed E-state index contributed by atoms with van der Waals surface area (Å²) in [6, 6.07) is 8.55. The average Bonchev–Trinajstić information content (AvgIpc) is 2.54. The van der Waals surface area contributed by atoms with Crippen LogP contribution in [0.5, 0.6) is 5.75 Å². The number of ether oxygens (including phenoxy) is 1. The summed E-state index contributed by atoms with van der Waals surface area (Å²) < 4.78 is 5.62. The lowest BCUT2D eigenvalue weighted by Gasteiger charge is -2.45. The van der Waals surface area contributed by atoms with Crippen molar-refractivity contribution in [2.24, 2.45) is 17.6 Å². The fourth-order valence-electron chi connectivity index (χ4n) is 4.22. The van der Waals surface area contributed by atoms with E-state index in [1.54, 1.807) is 0 Å². The quantitative estimate of drug-likeness (QED) is 0.878. The maximum atomic E-state index is 12.3. The summed E-state index contributed by atoms with van der Waals surface area (Å²) in [4.78, 5) is 12.3. The number of nitrogens with one attached hydrogen (secondary N) is 1. The van der Waals surface area contributed by atoms with Gasteiger partial charge < -0.3 is 15.8 Å². The molecule has 2 unspecified atom stereocenters. The fourth-order valence-corrected chi connectivity index (χ4v) is 4.22. The molecular formula is C19H28N2O2. The minimum Gasteiger partial charge on any atom is -0.484 e. The van der Waals surface area contributed by atoms with Gasteiger partial charge in [0.1, 0.15) is 5.75 Å². The summed E-state index contributed by atoms with van der Waals surface area (Å²) in [6.45, 7) is 2.21. The molecule has 0 spiro atoms. The van der Waals surface area contributed by atoms with Crippen LogP contribution in [-0.2, 0) is 11.2 Å². The topological polar surface area (TPSA) is 64.3 Å². The van der Waals surface area contributed by atoms with Crippen molar-refractivity contribution < 1.29 is 9.53 Å². The van der Waals surface area contributed by atoms with E-state index in [9.17, 15) is 4.79 Å². The molecule has 3 N–H and O–H groups in total. The van der Waals surface area contributed by atoms with E-state index in [2.05, 4.69) is 12.2 Å². The van der Waals surface area contributed by atoms with E-state index in [4.69, 9.17) is 10.5 Å².